The maximum Gasteiger partial charge on any atom is 0.283 e. The molecule has 0 saturated heterocycles. The molecule has 254 valence electrons. The summed E-state index contributed by atoms with van der Waals surface area (Å²) >= 11 is 0. The molecule has 0 saturated carbocycles. The lowest BCUT2D eigenvalue weighted by Gasteiger charge is -2.45. The van der Waals surface area contributed by atoms with Gasteiger partial charge in [-0.3, -0.25) is 33.8 Å². The molecule has 5 rings (SSSR count). The van der Waals surface area contributed by atoms with Crippen molar-refractivity contribution in [2.45, 2.75) is 58.3 Å². The van der Waals surface area contributed by atoms with Crippen molar-refractivity contribution in [3.8, 4) is 0 Å². The lowest BCUT2D eigenvalue weighted by molar-refractivity contribution is -0.684. The molecule has 0 radical (unpaired) electrons. The average molecular weight is 666 g/mol. The number of ketones is 1. The van der Waals surface area contributed by atoms with Gasteiger partial charge in [-0.05, 0) is 43.4 Å². The van der Waals surface area contributed by atoms with Crippen LogP contribution >= 0.6 is 0 Å². The van der Waals surface area contributed by atoms with Gasteiger partial charge in [0.05, 0.1) is 17.2 Å². The fourth-order valence-corrected chi connectivity index (χ4v) is 6.22. The van der Waals surface area contributed by atoms with Crippen molar-refractivity contribution in [1.82, 2.24) is 9.80 Å². The Hall–Kier alpha value is -5.65. The summed E-state index contributed by atoms with van der Waals surface area (Å²) in [5.41, 5.74) is 12.6. The van der Waals surface area contributed by atoms with Crippen LogP contribution in [0.3, 0.4) is 0 Å². The summed E-state index contributed by atoms with van der Waals surface area (Å²) < 4.78 is 7.23. The molecule has 3 atom stereocenters. The predicted octanol–water partition coefficient (Wildman–Crippen LogP) is 2.26. The number of nitrogens with two attached hydrogens (primary N) is 2. The third kappa shape index (κ3) is 7.58. The molecule has 0 bridgehead atoms. The molecule has 12 heteroatoms. The van der Waals surface area contributed by atoms with Crippen molar-refractivity contribution in [2.24, 2.45) is 28.3 Å². The summed E-state index contributed by atoms with van der Waals surface area (Å²) in [6.07, 6.45) is 4.68. The number of hydrogen-bond donors (Lipinski definition) is 2. The minimum atomic E-state index is -1.48. The fourth-order valence-electron chi connectivity index (χ4n) is 6.22. The van der Waals surface area contributed by atoms with Crippen molar-refractivity contribution in [3.63, 3.8) is 0 Å². The smallest absolute Gasteiger partial charge is 0.283 e. The minimum absolute atomic E-state index is 0.0564. The number of hydrogen-bond acceptors (Lipinski definition) is 7. The number of aliphatic imine (C=N–C) groups is 1. The van der Waals surface area contributed by atoms with E-state index >= 15 is 0 Å². The summed E-state index contributed by atoms with van der Waals surface area (Å²) in [6, 6.07) is 18.6. The van der Waals surface area contributed by atoms with Crippen LogP contribution in [-0.4, -0.2) is 69.3 Å². The van der Waals surface area contributed by atoms with E-state index in [1.54, 1.807) is 62.5 Å². The SMILES string of the molecule is CC(C)C1C(=O)N([C@H](C(N)=O)C(Cc2ccccc2)C(=O)C2=NC(C)(C)CO2)C(c2ccccc2)=CN1C(=O)c1ccc[n+](CC(N)=O)c1. The van der Waals surface area contributed by atoms with Gasteiger partial charge in [0.2, 0.25) is 18.2 Å². The van der Waals surface area contributed by atoms with Gasteiger partial charge in [0.15, 0.2) is 12.4 Å². The predicted molar refractivity (Wildman–Crippen MR) is 181 cm³/mol. The molecule has 2 aliphatic heterocycles. The van der Waals surface area contributed by atoms with E-state index in [1.807, 2.05) is 44.2 Å². The zero-order chi connectivity index (χ0) is 35.5. The monoisotopic (exact) mass is 665 g/mol. The largest absolute Gasteiger partial charge is 0.473 e. The Morgan fingerprint density at radius 3 is 2.20 bits per heavy atom. The molecular formula is C37H41N6O6+. The summed E-state index contributed by atoms with van der Waals surface area (Å²) in [5.74, 6) is -4.88. The molecule has 49 heavy (non-hydrogen) atoms. The maximum atomic E-state index is 14.9. The highest BCUT2D eigenvalue weighted by Crippen LogP contribution is 2.36. The Morgan fingerprint density at radius 2 is 1.63 bits per heavy atom. The van der Waals surface area contributed by atoms with E-state index in [2.05, 4.69) is 4.99 Å². The summed E-state index contributed by atoms with van der Waals surface area (Å²) in [7, 11) is 0. The Balaban J connectivity index is 1.68. The molecule has 0 fully saturated rings. The van der Waals surface area contributed by atoms with E-state index in [1.165, 1.54) is 26.8 Å². The van der Waals surface area contributed by atoms with E-state index < -0.39 is 58.9 Å². The second-order valence-corrected chi connectivity index (χ2v) is 13.2. The quantitative estimate of drug-likeness (QED) is 0.281. The number of benzene rings is 2. The Labute approximate surface area is 285 Å². The molecule has 0 aliphatic carbocycles. The number of carbonyl (C=O) groups is 5. The number of carbonyl (C=O) groups excluding carboxylic acids is 5. The maximum absolute atomic E-state index is 14.9. The molecule has 3 aromatic rings. The van der Waals surface area contributed by atoms with Crippen molar-refractivity contribution in [3.05, 3.63) is 108 Å². The summed E-state index contributed by atoms with van der Waals surface area (Å²) in [4.78, 5) is 75.8. The molecule has 2 aliphatic rings. The van der Waals surface area contributed by atoms with Crippen LogP contribution < -0.4 is 16.0 Å². The highest BCUT2D eigenvalue weighted by atomic mass is 16.5. The Kier molecular flexibility index (Phi) is 10.1. The molecule has 12 nitrogen and oxygen atoms in total. The number of Topliss-reactive ketones (excluding diaryl/α,β-unsaturated/α-hetero) is 1. The van der Waals surface area contributed by atoms with Gasteiger partial charge in [-0.1, -0.05) is 74.5 Å². The lowest BCUT2D eigenvalue weighted by atomic mass is 9.84. The van der Waals surface area contributed by atoms with Gasteiger partial charge in [-0.15, -0.1) is 0 Å². The second-order valence-electron chi connectivity index (χ2n) is 13.2. The first-order valence-electron chi connectivity index (χ1n) is 16.1. The molecule has 4 amide bonds. The molecule has 3 heterocycles. The molecular weight excluding hydrogens is 624 g/mol. The van der Waals surface area contributed by atoms with Gasteiger partial charge < -0.3 is 16.2 Å². The van der Waals surface area contributed by atoms with Crippen molar-refractivity contribution < 1.29 is 33.3 Å². The summed E-state index contributed by atoms with van der Waals surface area (Å²) in [5, 5.41) is 0. The van der Waals surface area contributed by atoms with Crippen LogP contribution in [0.2, 0.25) is 0 Å². The lowest BCUT2D eigenvalue weighted by Crippen LogP contribution is -2.62. The van der Waals surface area contributed by atoms with E-state index in [0.717, 1.165) is 5.56 Å². The zero-order valence-electron chi connectivity index (χ0n) is 28.0. The number of rotatable bonds is 12. The number of aromatic nitrogens is 1. The zero-order valence-corrected chi connectivity index (χ0v) is 28.0. The molecule has 2 unspecified atom stereocenters. The third-order valence-corrected chi connectivity index (χ3v) is 8.45. The van der Waals surface area contributed by atoms with E-state index in [0.29, 0.717) is 5.56 Å². The van der Waals surface area contributed by atoms with Crippen LogP contribution in [0, 0.1) is 11.8 Å². The van der Waals surface area contributed by atoms with Crippen LogP contribution in [0.25, 0.3) is 5.70 Å². The van der Waals surface area contributed by atoms with E-state index in [9.17, 15) is 24.0 Å². The third-order valence-electron chi connectivity index (χ3n) is 8.45. The van der Waals surface area contributed by atoms with E-state index in [4.69, 9.17) is 16.2 Å². The van der Waals surface area contributed by atoms with Gasteiger partial charge in [0.1, 0.15) is 24.3 Å². The van der Waals surface area contributed by atoms with Gasteiger partial charge >= 0.3 is 0 Å². The van der Waals surface area contributed by atoms with Crippen molar-refractivity contribution in [2.75, 3.05) is 6.61 Å². The highest BCUT2D eigenvalue weighted by Gasteiger charge is 2.50. The Morgan fingerprint density at radius 1 is 0.980 bits per heavy atom. The van der Waals surface area contributed by atoms with Crippen molar-refractivity contribution >= 4 is 41.0 Å². The van der Waals surface area contributed by atoms with Gasteiger partial charge in [0, 0.05) is 12.3 Å². The number of ether oxygens (including phenoxy) is 1. The average Bonchev–Trinajstić information content (AvgIpc) is 3.43. The standard InChI is InChI=1S/C37H40N6O6/c1-23(2)30-36(48)43(31(33(39)46)27(18-24-12-7-5-8-13-24)32(45)34-40-37(3,4)22-49-34)28(25-14-9-6-10-15-25)20-42(30)35(47)26-16-11-17-41(19-26)21-29(38)44/h5-17,19-20,23,27,30-31H,18,21-22H2,1-4H3,(H3-,38,39,44,46)/p+1/t27?,30?,31-/m0/s1. The van der Waals surface area contributed by atoms with Crippen LogP contribution in [0.5, 0.6) is 0 Å². The minimum Gasteiger partial charge on any atom is -0.473 e. The first-order chi connectivity index (χ1) is 23.3. The normalized spacial score (nSPS) is 18.3. The summed E-state index contributed by atoms with van der Waals surface area (Å²) in [6.45, 7) is 7.27. The van der Waals surface area contributed by atoms with Crippen LogP contribution in [-0.2, 0) is 36.9 Å². The van der Waals surface area contributed by atoms with Gasteiger partial charge in [0.25, 0.3) is 23.6 Å². The van der Waals surface area contributed by atoms with Gasteiger partial charge in [-0.2, -0.15) is 4.57 Å². The number of nitrogens with zero attached hydrogens (tertiary/aromatic N) is 4. The highest BCUT2D eigenvalue weighted by molar-refractivity contribution is 6.38. The first kappa shape index (κ1) is 34.7. The fraction of sp³-hybridized carbons (Fsp3) is 0.324. The Bertz CT molecular complexity index is 1820. The molecule has 1 aromatic heterocycles. The topological polar surface area (TPSA) is 169 Å². The molecule has 4 N–H and O–H groups in total. The van der Waals surface area contributed by atoms with Crippen LogP contribution in [0.15, 0.2) is 96.4 Å². The first-order valence-corrected chi connectivity index (χ1v) is 16.1. The number of primary amides is 2. The molecule has 0 spiro atoms. The van der Waals surface area contributed by atoms with Crippen LogP contribution in [0.1, 0.15) is 49.2 Å². The van der Waals surface area contributed by atoms with Crippen molar-refractivity contribution in [1.29, 1.82) is 0 Å². The molecule has 2 aromatic carbocycles. The number of pyridine rings is 1. The number of amides is 4. The van der Waals surface area contributed by atoms with Crippen LogP contribution in [0.4, 0.5) is 0 Å². The van der Waals surface area contributed by atoms with E-state index in [-0.39, 0.29) is 36.7 Å². The second kappa shape index (κ2) is 14.2. The van der Waals surface area contributed by atoms with Gasteiger partial charge in [-0.25, -0.2) is 4.99 Å².